The van der Waals surface area contributed by atoms with Crippen LogP contribution in [0, 0.1) is 0 Å². The van der Waals surface area contributed by atoms with Gasteiger partial charge in [0.25, 0.3) is 0 Å². The molecular weight excluding hydrogens is 282 g/mol. The molecule has 0 aromatic heterocycles. The largest absolute Gasteiger partial charge is 0.490 e. The molecule has 1 saturated carbocycles. The molecule has 0 saturated heterocycles. The molecule has 1 aliphatic heterocycles. The molecule has 1 fully saturated rings. The van der Waals surface area contributed by atoms with Crippen LogP contribution < -0.4 is 14.8 Å². The van der Waals surface area contributed by atoms with Gasteiger partial charge in [0.15, 0.2) is 11.5 Å². The van der Waals surface area contributed by atoms with Crippen molar-refractivity contribution in [2.75, 3.05) is 19.5 Å². The Balaban J connectivity index is 1.61. The first-order valence-electron chi connectivity index (χ1n) is 8.01. The number of thioether (sulfide) groups is 1. The standard InChI is InChI=1S/C17H25NO2S/c1-21-17-6-3-2-5-14(17)18-12-13-7-8-15-16(11-13)20-10-4-9-19-15/h7-8,11,14,17-18H,2-6,9-10,12H2,1H3. The predicted molar refractivity (Wildman–Crippen MR) is 88.4 cm³/mol. The number of hydrogen-bond acceptors (Lipinski definition) is 4. The molecule has 0 radical (unpaired) electrons. The second kappa shape index (κ2) is 7.41. The second-order valence-electron chi connectivity index (χ2n) is 5.88. The number of nitrogens with one attached hydrogen (secondary N) is 1. The summed E-state index contributed by atoms with van der Waals surface area (Å²) in [5.74, 6) is 1.78. The van der Waals surface area contributed by atoms with Gasteiger partial charge in [-0.05, 0) is 36.8 Å². The van der Waals surface area contributed by atoms with Crippen LogP contribution in [0.15, 0.2) is 18.2 Å². The lowest BCUT2D eigenvalue weighted by Crippen LogP contribution is -2.39. The fraction of sp³-hybridized carbons (Fsp3) is 0.647. The summed E-state index contributed by atoms with van der Waals surface area (Å²) in [7, 11) is 0. The van der Waals surface area contributed by atoms with Crippen LogP contribution in [0.3, 0.4) is 0 Å². The number of ether oxygens (including phenoxy) is 2. The molecule has 3 nitrogen and oxygen atoms in total. The van der Waals surface area contributed by atoms with E-state index in [0.29, 0.717) is 6.04 Å². The maximum atomic E-state index is 5.77. The van der Waals surface area contributed by atoms with Gasteiger partial charge >= 0.3 is 0 Å². The van der Waals surface area contributed by atoms with Crippen LogP contribution >= 0.6 is 11.8 Å². The fourth-order valence-corrected chi connectivity index (χ4v) is 4.14. The molecule has 1 N–H and O–H groups in total. The molecule has 1 aromatic rings. The lowest BCUT2D eigenvalue weighted by Gasteiger charge is -2.31. The van der Waals surface area contributed by atoms with Crippen LogP contribution in [0.2, 0.25) is 0 Å². The molecule has 21 heavy (non-hydrogen) atoms. The summed E-state index contributed by atoms with van der Waals surface area (Å²) in [5.41, 5.74) is 1.28. The predicted octanol–water partition coefficient (Wildman–Crippen LogP) is 3.61. The SMILES string of the molecule is CSC1CCCCC1NCc1ccc2c(c1)OCCCO2. The Kier molecular flexibility index (Phi) is 5.31. The van der Waals surface area contributed by atoms with E-state index in [4.69, 9.17) is 9.47 Å². The smallest absolute Gasteiger partial charge is 0.161 e. The molecule has 1 heterocycles. The zero-order chi connectivity index (χ0) is 14.5. The maximum absolute atomic E-state index is 5.77. The van der Waals surface area contributed by atoms with Crippen molar-refractivity contribution in [3.63, 3.8) is 0 Å². The van der Waals surface area contributed by atoms with Gasteiger partial charge in [-0.3, -0.25) is 0 Å². The molecule has 116 valence electrons. The van der Waals surface area contributed by atoms with Crippen LogP contribution in [-0.2, 0) is 6.54 Å². The van der Waals surface area contributed by atoms with Gasteiger partial charge < -0.3 is 14.8 Å². The van der Waals surface area contributed by atoms with E-state index in [9.17, 15) is 0 Å². The Morgan fingerprint density at radius 2 is 1.90 bits per heavy atom. The van der Waals surface area contributed by atoms with E-state index >= 15 is 0 Å². The van der Waals surface area contributed by atoms with Crippen molar-refractivity contribution in [2.45, 2.75) is 49.9 Å². The summed E-state index contributed by atoms with van der Waals surface area (Å²) in [5, 5.41) is 4.51. The van der Waals surface area contributed by atoms with Gasteiger partial charge in [0, 0.05) is 24.3 Å². The summed E-state index contributed by atoms with van der Waals surface area (Å²) < 4.78 is 11.4. The molecule has 2 aliphatic rings. The molecule has 3 rings (SSSR count). The van der Waals surface area contributed by atoms with Crippen LogP contribution in [0.1, 0.15) is 37.7 Å². The van der Waals surface area contributed by atoms with E-state index in [1.165, 1.54) is 31.2 Å². The Hall–Kier alpha value is -0.870. The monoisotopic (exact) mass is 307 g/mol. The first-order valence-corrected chi connectivity index (χ1v) is 9.30. The van der Waals surface area contributed by atoms with Crippen LogP contribution in [-0.4, -0.2) is 30.8 Å². The quantitative estimate of drug-likeness (QED) is 0.920. The number of rotatable bonds is 4. The normalized spacial score (nSPS) is 25.4. The minimum absolute atomic E-state index is 0.643. The Morgan fingerprint density at radius 3 is 2.76 bits per heavy atom. The van der Waals surface area contributed by atoms with Crippen LogP contribution in [0.25, 0.3) is 0 Å². The highest BCUT2D eigenvalue weighted by molar-refractivity contribution is 7.99. The first kappa shape index (κ1) is 15.0. The topological polar surface area (TPSA) is 30.5 Å². The van der Waals surface area contributed by atoms with E-state index < -0.39 is 0 Å². The summed E-state index contributed by atoms with van der Waals surface area (Å²) in [6.45, 7) is 2.42. The van der Waals surface area contributed by atoms with Gasteiger partial charge in [-0.2, -0.15) is 11.8 Å². The number of fused-ring (bicyclic) bond motifs is 1. The molecular formula is C17H25NO2S. The van der Waals surface area contributed by atoms with E-state index in [-0.39, 0.29) is 0 Å². The minimum Gasteiger partial charge on any atom is -0.490 e. The van der Waals surface area contributed by atoms with Crippen LogP contribution in [0.4, 0.5) is 0 Å². The molecule has 0 bridgehead atoms. The van der Waals surface area contributed by atoms with Crippen molar-refractivity contribution in [3.05, 3.63) is 23.8 Å². The molecule has 0 spiro atoms. The lowest BCUT2D eigenvalue weighted by atomic mass is 9.94. The maximum Gasteiger partial charge on any atom is 0.161 e. The third-order valence-electron chi connectivity index (χ3n) is 4.39. The van der Waals surface area contributed by atoms with Crippen molar-refractivity contribution >= 4 is 11.8 Å². The average Bonchev–Trinajstić information content (AvgIpc) is 2.78. The minimum atomic E-state index is 0.643. The van der Waals surface area contributed by atoms with Crippen molar-refractivity contribution < 1.29 is 9.47 Å². The highest BCUT2D eigenvalue weighted by Crippen LogP contribution is 2.31. The summed E-state index contributed by atoms with van der Waals surface area (Å²) in [6.07, 6.45) is 8.58. The van der Waals surface area contributed by atoms with E-state index in [1.807, 2.05) is 17.8 Å². The summed E-state index contributed by atoms with van der Waals surface area (Å²) in [6, 6.07) is 6.97. The lowest BCUT2D eigenvalue weighted by molar-refractivity contribution is 0.297. The van der Waals surface area contributed by atoms with E-state index in [2.05, 4.69) is 23.7 Å². The van der Waals surface area contributed by atoms with E-state index in [1.54, 1.807) is 0 Å². The molecule has 2 unspecified atom stereocenters. The molecule has 0 amide bonds. The molecule has 1 aromatic carbocycles. The zero-order valence-corrected chi connectivity index (χ0v) is 13.6. The van der Waals surface area contributed by atoms with E-state index in [0.717, 1.165) is 42.9 Å². The third-order valence-corrected chi connectivity index (χ3v) is 5.56. The Labute approximate surface area is 131 Å². The van der Waals surface area contributed by atoms with Gasteiger partial charge in [-0.15, -0.1) is 0 Å². The molecule has 1 aliphatic carbocycles. The Bertz CT molecular complexity index is 466. The van der Waals surface area contributed by atoms with Gasteiger partial charge in [0.2, 0.25) is 0 Å². The summed E-state index contributed by atoms with van der Waals surface area (Å²) >= 11 is 2.01. The zero-order valence-electron chi connectivity index (χ0n) is 12.8. The van der Waals surface area contributed by atoms with Crippen molar-refractivity contribution in [1.82, 2.24) is 5.32 Å². The molecule has 4 heteroatoms. The van der Waals surface area contributed by atoms with Gasteiger partial charge in [0.05, 0.1) is 13.2 Å². The highest BCUT2D eigenvalue weighted by Gasteiger charge is 2.23. The fourth-order valence-electron chi connectivity index (χ4n) is 3.18. The Morgan fingerprint density at radius 1 is 1.10 bits per heavy atom. The average molecular weight is 307 g/mol. The van der Waals surface area contributed by atoms with Gasteiger partial charge in [-0.1, -0.05) is 18.9 Å². The third kappa shape index (κ3) is 3.86. The van der Waals surface area contributed by atoms with Gasteiger partial charge in [0.1, 0.15) is 0 Å². The second-order valence-corrected chi connectivity index (χ2v) is 6.95. The van der Waals surface area contributed by atoms with Crippen molar-refractivity contribution in [1.29, 1.82) is 0 Å². The van der Waals surface area contributed by atoms with Crippen LogP contribution in [0.5, 0.6) is 11.5 Å². The van der Waals surface area contributed by atoms with Gasteiger partial charge in [-0.25, -0.2) is 0 Å². The highest BCUT2D eigenvalue weighted by atomic mass is 32.2. The van der Waals surface area contributed by atoms with Crippen molar-refractivity contribution in [2.24, 2.45) is 0 Å². The number of hydrogen-bond donors (Lipinski definition) is 1. The first-order chi connectivity index (χ1) is 10.4. The van der Waals surface area contributed by atoms with Crippen molar-refractivity contribution in [3.8, 4) is 11.5 Å². The summed E-state index contributed by atoms with van der Waals surface area (Å²) in [4.78, 5) is 0. The number of benzene rings is 1. The molecule has 2 atom stereocenters.